The summed E-state index contributed by atoms with van der Waals surface area (Å²) in [7, 11) is 1.63. The van der Waals surface area contributed by atoms with Crippen molar-refractivity contribution in [2.45, 2.75) is 45.8 Å². The lowest BCUT2D eigenvalue weighted by atomic mass is 10.4. The van der Waals surface area contributed by atoms with Gasteiger partial charge in [0.2, 0.25) is 0 Å². The molecule has 0 fully saturated rings. The molecule has 0 spiro atoms. The maximum Gasteiger partial charge on any atom is 0.180 e. The Labute approximate surface area is 106 Å². The van der Waals surface area contributed by atoms with Crippen molar-refractivity contribution in [2.24, 2.45) is 0 Å². The predicted molar refractivity (Wildman–Crippen MR) is 68.2 cm³/mol. The van der Waals surface area contributed by atoms with E-state index in [2.05, 4.69) is 13.8 Å². The first kappa shape index (κ1) is 16.8. The van der Waals surface area contributed by atoms with E-state index >= 15 is 0 Å². The summed E-state index contributed by atoms with van der Waals surface area (Å²) in [6.45, 7) is 7.53. The van der Waals surface area contributed by atoms with Gasteiger partial charge in [-0.15, -0.1) is 0 Å². The van der Waals surface area contributed by atoms with Gasteiger partial charge >= 0.3 is 0 Å². The summed E-state index contributed by atoms with van der Waals surface area (Å²) in [5, 5.41) is 0. The SMILES string of the molecule is CCCCOCCO[C@@H](COCCCC)OC. The molecule has 1 atom stereocenters. The Hall–Kier alpha value is -0.160. The zero-order valence-electron chi connectivity index (χ0n) is 11.6. The van der Waals surface area contributed by atoms with Gasteiger partial charge in [-0.1, -0.05) is 26.7 Å². The predicted octanol–water partition coefficient (Wildman–Crippen LogP) is 2.61. The van der Waals surface area contributed by atoms with E-state index in [9.17, 15) is 0 Å². The van der Waals surface area contributed by atoms with E-state index in [0.29, 0.717) is 19.8 Å². The van der Waals surface area contributed by atoms with Crippen LogP contribution in [0.2, 0.25) is 0 Å². The van der Waals surface area contributed by atoms with Crippen LogP contribution in [0, 0.1) is 0 Å². The average molecular weight is 248 g/mol. The monoisotopic (exact) mass is 248 g/mol. The van der Waals surface area contributed by atoms with Gasteiger partial charge in [0, 0.05) is 20.3 Å². The Kier molecular flexibility index (Phi) is 13.8. The summed E-state index contributed by atoms with van der Waals surface area (Å²) in [5.74, 6) is 0. The smallest absolute Gasteiger partial charge is 0.180 e. The van der Waals surface area contributed by atoms with Crippen molar-refractivity contribution < 1.29 is 18.9 Å². The lowest BCUT2D eigenvalue weighted by molar-refractivity contribution is -0.164. The van der Waals surface area contributed by atoms with E-state index in [1.807, 2.05) is 0 Å². The van der Waals surface area contributed by atoms with Crippen LogP contribution in [0.25, 0.3) is 0 Å². The lowest BCUT2D eigenvalue weighted by Gasteiger charge is -2.16. The van der Waals surface area contributed by atoms with Crippen LogP contribution in [0.3, 0.4) is 0 Å². The second-order valence-corrected chi connectivity index (χ2v) is 3.93. The summed E-state index contributed by atoms with van der Waals surface area (Å²) in [5.41, 5.74) is 0. The van der Waals surface area contributed by atoms with Gasteiger partial charge in [0.25, 0.3) is 0 Å². The fourth-order valence-corrected chi connectivity index (χ4v) is 1.20. The van der Waals surface area contributed by atoms with Crippen molar-refractivity contribution >= 4 is 0 Å². The number of hydrogen-bond acceptors (Lipinski definition) is 4. The number of ether oxygens (including phenoxy) is 4. The zero-order valence-corrected chi connectivity index (χ0v) is 11.6. The Morgan fingerprint density at radius 2 is 1.47 bits per heavy atom. The van der Waals surface area contributed by atoms with E-state index in [4.69, 9.17) is 18.9 Å². The molecule has 0 aliphatic carbocycles. The van der Waals surface area contributed by atoms with Gasteiger partial charge in [0.05, 0.1) is 19.8 Å². The molecule has 104 valence electrons. The van der Waals surface area contributed by atoms with Crippen LogP contribution in [-0.4, -0.2) is 46.4 Å². The molecule has 0 N–H and O–H groups in total. The highest BCUT2D eigenvalue weighted by atomic mass is 16.7. The fourth-order valence-electron chi connectivity index (χ4n) is 1.20. The molecule has 0 radical (unpaired) electrons. The van der Waals surface area contributed by atoms with Gasteiger partial charge in [-0.3, -0.25) is 0 Å². The molecule has 17 heavy (non-hydrogen) atoms. The summed E-state index contributed by atoms with van der Waals surface area (Å²) in [4.78, 5) is 0. The highest BCUT2D eigenvalue weighted by Crippen LogP contribution is 1.97. The molecular formula is C13H28O4. The first-order valence-electron chi connectivity index (χ1n) is 6.65. The van der Waals surface area contributed by atoms with E-state index in [-0.39, 0.29) is 6.29 Å². The van der Waals surface area contributed by atoms with Crippen LogP contribution in [0.1, 0.15) is 39.5 Å². The summed E-state index contributed by atoms with van der Waals surface area (Å²) < 4.78 is 21.5. The van der Waals surface area contributed by atoms with Crippen LogP contribution in [-0.2, 0) is 18.9 Å². The fraction of sp³-hybridized carbons (Fsp3) is 1.00. The van der Waals surface area contributed by atoms with Crippen LogP contribution in [0.15, 0.2) is 0 Å². The molecule has 0 heterocycles. The number of hydrogen-bond donors (Lipinski definition) is 0. The molecule has 0 saturated carbocycles. The molecule has 0 rings (SSSR count). The summed E-state index contributed by atoms with van der Waals surface area (Å²) >= 11 is 0. The third-order valence-electron chi connectivity index (χ3n) is 2.33. The normalized spacial score (nSPS) is 12.9. The van der Waals surface area contributed by atoms with Gasteiger partial charge in [-0.2, -0.15) is 0 Å². The molecule has 0 aliphatic heterocycles. The standard InChI is InChI=1S/C13H28O4/c1-4-6-8-15-10-11-17-13(14-3)12-16-9-7-5-2/h13H,4-12H2,1-3H3/t13-/m0/s1. The molecule has 0 saturated heterocycles. The number of unbranched alkanes of at least 4 members (excludes halogenated alkanes) is 2. The quantitative estimate of drug-likeness (QED) is 0.371. The minimum absolute atomic E-state index is 0.276. The second-order valence-electron chi connectivity index (χ2n) is 3.93. The van der Waals surface area contributed by atoms with Crippen LogP contribution in [0.4, 0.5) is 0 Å². The number of methoxy groups -OCH3 is 1. The van der Waals surface area contributed by atoms with Gasteiger partial charge in [-0.05, 0) is 12.8 Å². The topological polar surface area (TPSA) is 36.9 Å². The molecule has 4 heteroatoms. The number of rotatable bonds is 13. The maximum absolute atomic E-state index is 5.48. The summed E-state index contributed by atoms with van der Waals surface area (Å²) in [6, 6.07) is 0. The second kappa shape index (κ2) is 13.9. The molecule has 0 aromatic heterocycles. The lowest BCUT2D eigenvalue weighted by Crippen LogP contribution is -2.24. The Morgan fingerprint density at radius 3 is 2.06 bits per heavy atom. The first-order chi connectivity index (χ1) is 8.35. The molecule has 0 aromatic carbocycles. The zero-order chi connectivity index (χ0) is 12.8. The van der Waals surface area contributed by atoms with E-state index in [1.165, 1.54) is 0 Å². The van der Waals surface area contributed by atoms with E-state index in [1.54, 1.807) is 7.11 Å². The molecule has 0 aromatic rings. The molecule has 4 nitrogen and oxygen atoms in total. The average Bonchev–Trinajstić information content (AvgIpc) is 2.36. The highest BCUT2D eigenvalue weighted by molar-refractivity contribution is 4.42. The minimum Gasteiger partial charge on any atom is -0.379 e. The van der Waals surface area contributed by atoms with Crippen molar-refractivity contribution in [1.29, 1.82) is 0 Å². The van der Waals surface area contributed by atoms with Gasteiger partial charge in [0.1, 0.15) is 0 Å². The third-order valence-corrected chi connectivity index (χ3v) is 2.33. The Balaban J connectivity index is 3.28. The van der Waals surface area contributed by atoms with Gasteiger partial charge in [0.15, 0.2) is 6.29 Å². The highest BCUT2D eigenvalue weighted by Gasteiger charge is 2.06. The summed E-state index contributed by atoms with van der Waals surface area (Å²) in [6.07, 6.45) is 4.21. The van der Waals surface area contributed by atoms with Crippen LogP contribution in [0.5, 0.6) is 0 Å². The Morgan fingerprint density at radius 1 is 0.824 bits per heavy atom. The molecule has 0 amide bonds. The van der Waals surface area contributed by atoms with Crippen molar-refractivity contribution in [3.63, 3.8) is 0 Å². The van der Waals surface area contributed by atoms with Crippen LogP contribution >= 0.6 is 0 Å². The van der Waals surface area contributed by atoms with Crippen LogP contribution < -0.4 is 0 Å². The van der Waals surface area contributed by atoms with Crippen molar-refractivity contribution in [3.8, 4) is 0 Å². The van der Waals surface area contributed by atoms with E-state index in [0.717, 1.165) is 38.9 Å². The molecule has 0 unspecified atom stereocenters. The molecule has 0 aliphatic rings. The Bertz CT molecular complexity index is 141. The van der Waals surface area contributed by atoms with Gasteiger partial charge < -0.3 is 18.9 Å². The molecular weight excluding hydrogens is 220 g/mol. The third kappa shape index (κ3) is 12.1. The van der Waals surface area contributed by atoms with Gasteiger partial charge in [-0.25, -0.2) is 0 Å². The molecule has 0 bridgehead atoms. The minimum atomic E-state index is -0.276. The van der Waals surface area contributed by atoms with Crippen molar-refractivity contribution in [3.05, 3.63) is 0 Å². The van der Waals surface area contributed by atoms with Crippen molar-refractivity contribution in [1.82, 2.24) is 0 Å². The van der Waals surface area contributed by atoms with E-state index < -0.39 is 0 Å². The van der Waals surface area contributed by atoms with Crippen molar-refractivity contribution in [2.75, 3.05) is 40.1 Å². The maximum atomic E-state index is 5.48. The largest absolute Gasteiger partial charge is 0.379 e. The first-order valence-corrected chi connectivity index (χ1v) is 6.65.